The minimum absolute atomic E-state index is 0.107. The summed E-state index contributed by atoms with van der Waals surface area (Å²) in [5.74, 6) is 5.31. The molecule has 1 amide bonds. The Morgan fingerprint density at radius 2 is 2.18 bits per heavy atom. The van der Waals surface area contributed by atoms with Crippen LogP contribution in [0.1, 0.15) is 23.7 Å². The molecule has 1 aromatic carbocycles. The first kappa shape index (κ1) is 21.4. The average Bonchev–Trinajstić information content (AvgIpc) is 3.54. The molecule has 0 unspecified atom stereocenters. The third-order valence-electron chi connectivity index (χ3n) is 5.68. The standard InChI is InChI=1S/C23H21FN8O2/c1-4-19(33)31-8-7-14(11-31)32-22-20(21(25)26-12-27-22)16(29-32)6-5-13-9-17-18(10-15(13)24)34-23(28-17)30(2)3/h4,9-10,12,14H,1,7-8,11H2,2-3H3,(H2,25,26,27)/t14-/m0/s1. The third-order valence-corrected chi connectivity index (χ3v) is 5.68. The first-order valence-electron chi connectivity index (χ1n) is 10.5. The fourth-order valence-corrected chi connectivity index (χ4v) is 3.96. The molecule has 0 bridgehead atoms. The molecular weight excluding hydrogens is 439 g/mol. The van der Waals surface area contributed by atoms with Crippen LogP contribution in [0.15, 0.2) is 35.5 Å². The van der Waals surface area contributed by atoms with Gasteiger partial charge in [-0.2, -0.15) is 10.1 Å². The maximum Gasteiger partial charge on any atom is 0.297 e. The summed E-state index contributed by atoms with van der Waals surface area (Å²) < 4.78 is 22.0. The van der Waals surface area contributed by atoms with Crippen molar-refractivity contribution < 1.29 is 13.6 Å². The third kappa shape index (κ3) is 3.59. The van der Waals surface area contributed by atoms with Crippen molar-refractivity contribution in [2.24, 2.45) is 0 Å². The largest absolute Gasteiger partial charge is 0.423 e. The molecule has 2 N–H and O–H groups in total. The van der Waals surface area contributed by atoms with E-state index in [9.17, 15) is 9.18 Å². The molecule has 10 nitrogen and oxygen atoms in total. The number of nitrogens with two attached hydrogens (primary N) is 1. The molecule has 34 heavy (non-hydrogen) atoms. The molecule has 1 fully saturated rings. The van der Waals surface area contributed by atoms with Gasteiger partial charge in [0, 0.05) is 33.3 Å². The zero-order chi connectivity index (χ0) is 24.0. The van der Waals surface area contributed by atoms with Crippen LogP contribution in [-0.4, -0.2) is 62.7 Å². The molecule has 4 heterocycles. The van der Waals surface area contributed by atoms with Gasteiger partial charge in [0.2, 0.25) is 5.91 Å². The van der Waals surface area contributed by atoms with Gasteiger partial charge >= 0.3 is 0 Å². The van der Waals surface area contributed by atoms with Crippen molar-refractivity contribution in [2.45, 2.75) is 12.5 Å². The van der Waals surface area contributed by atoms with E-state index in [1.54, 1.807) is 28.6 Å². The number of nitrogens with zero attached hydrogens (tertiary/aromatic N) is 7. The number of aromatic nitrogens is 5. The summed E-state index contributed by atoms with van der Waals surface area (Å²) in [5, 5.41) is 5.11. The summed E-state index contributed by atoms with van der Waals surface area (Å²) in [4.78, 5) is 28.1. The van der Waals surface area contributed by atoms with Crippen LogP contribution in [0.5, 0.6) is 0 Å². The van der Waals surface area contributed by atoms with Crippen LogP contribution in [0.3, 0.4) is 0 Å². The van der Waals surface area contributed by atoms with Gasteiger partial charge < -0.3 is 20.0 Å². The number of oxazole rings is 1. The zero-order valence-electron chi connectivity index (χ0n) is 18.6. The van der Waals surface area contributed by atoms with Crippen molar-refractivity contribution in [1.29, 1.82) is 0 Å². The van der Waals surface area contributed by atoms with Crippen LogP contribution in [-0.2, 0) is 4.79 Å². The number of anilines is 2. The van der Waals surface area contributed by atoms with Crippen molar-refractivity contribution in [3.63, 3.8) is 0 Å². The number of fused-ring (bicyclic) bond motifs is 2. The highest BCUT2D eigenvalue weighted by atomic mass is 19.1. The van der Waals surface area contributed by atoms with E-state index in [4.69, 9.17) is 10.2 Å². The molecule has 0 saturated carbocycles. The molecule has 5 rings (SSSR count). The lowest BCUT2D eigenvalue weighted by Crippen LogP contribution is -2.27. The van der Waals surface area contributed by atoms with E-state index >= 15 is 0 Å². The molecule has 11 heteroatoms. The van der Waals surface area contributed by atoms with Gasteiger partial charge in [-0.05, 0) is 24.5 Å². The Hall–Kier alpha value is -4.46. The van der Waals surface area contributed by atoms with E-state index in [-0.39, 0.29) is 23.3 Å². The van der Waals surface area contributed by atoms with Crippen molar-refractivity contribution in [2.75, 3.05) is 37.8 Å². The zero-order valence-corrected chi connectivity index (χ0v) is 18.6. The van der Waals surface area contributed by atoms with E-state index in [0.29, 0.717) is 53.4 Å². The Labute approximate surface area is 193 Å². The molecule has 1 saturated heterocycles. The Bertz CT molecular complexity index is 1510. The second kappa shape index (κ2) is 8.15. The molecule has 1 aliphatic rings. The van der Waals surface area contributed by atoms with Gasteiger partial charge in [-0.1, -0.05) is 12.5 Å². The predicted molar refractivity (Wildman–Crippen MR) is 124 cm³/mol. The monoisotopic (exact) mass is 460 g/mol. The number of hydrogen-bond acceptors (Lipinski definition) is 8. The van der Waals surface area contributed by atoms with Gasteiger partial charge in [-0.25, -0.2) is 19.0 Å². The molecule has 4 aromatic rings. The van der Waals surface area contributed by atoms with Crippen molar-refractivity contribution in [3.8, 4) is 11.8 Å². The number of hydrogen-bond donors (Lipinski definition) is 1. The lowest BCUT2D eigenvalue weighted by atomic mass is 10.2. The maximum absolute atomic E-state index is 14.7. The highest BCUT2D eigenvalue weighted by Gasteiger charge is 2.29. The first-order chi connectivity index (χ1) is 16.4. The van der Waals surface area contributed by atoms with E-state index in [2.05, 4.69) is 38.5 Å². The molecule has 0 aliphatic carbocycles. The summed E-state index contributed by atoms with van der Waals surface area (Å²) in [6.45, 7) is 4.59. The van der Waals surface area contributed by atoms with Gasteiger partial charge in [0.05, 0.1) is 17.0 Å². The second-order valence-corrected chi connectivity index (χ2v) is 8.12. The second-order valence-electron chi connectivity index (χ2n) is 8.12. The Morgan fingerprint density at radius 3 is 2.94 bits per heavy atom. The molecule has 1 atom stereocenters. The van der Waals surface area contributed by atoms with Gasteiger partial charge in [0.25, 0.3) is 6.01 Å². The summed E-state index contributed by atoms with van der Waals surface area (Å²) in [6, 6.07) is 3.05. The Morgan fingerprint density at radius 1 is 1.35 bits per heavy atom. The molecule has 1 aliphatic heterocycles. The van der Waals surface area contributed by atoms with E-state index in [1.165, 1.54) is 24.5 Å². The van der Waals surface area contributed by atoms with Crippen LogP contribution < -0.4 is 10.6 Å². The molecule has 3 aromatic heterocycles. The minimum atomic E-state index is -0.538. The first-order valence-corrected chi connectivity index (χ1v) is 10.5. The number of amides is 1. The lowest BCUT2D eigenvalue weighted by molar-refractivity contribution is -0.125. The number of nitrogen functional groups attached to an aromatic ring is 1. The van der Waals surface area contributed by atoms with Crippen molar-refractivity contribution in [3.05, 3.63) is 48.2 Å². The van der Waals surface area contributed by atoms with Crippen LogP contribution in [0.4, 0.5) is 16.2 Å². The smallest absolute Gasteiger partial charge is 0.297 e. The SMILES string of the molecule is C=CC(=O)N1CC[C@H](n2nc(C#Cc3cc4nc(N(C)C)oc4cc3F)c3c(N)ncnc32)C1. The predicted octanol–water partition coefficient (Wildman–Crippen LogP) is 2.11. The fraction of sp³-hybridized carbons (Fsp3) is 0.261. The highest BCUT2D eigenvalue weighted by molar-refractivity contribution is 5.91. The number of carbonyl (C=O) groups is 1. The van der Waals surface area contributed by atoms with Crippen LogP contribution >= 0.6 is 0 Å². The van der Waals surface area contributed by atoms with Gasteiger partial charge in [0.15, 0.2) is 11.2 Å². The number of carbonyl (C=O) groups excluding carboxylic acids is 1. The Balaban J connectivity index is 1.55. The Kier molecular flexibility index (Phi) is 5.13. The van der Waals surface area contributed by atoms with Crippen molar-refractivity contribution in [1.82, 2.24) is 29.6 Å². The molecular formula is C23H21FN8O2. The van der Waals surface area contributed by atoms with Crippen LogP contribution in [0, 0.1) is 17.7 Å². The van der Waals surface area contributed by atoms with Crippen LogP contribution in [0.2, 0.25) is 0 Å². The number of halogens is 1. The minimum Gasteiger partial charge on any atom is -0.423 e. The quantitative estimate of drug-likeness (QED) is 0.365. The fourth-order valence-electron chi connectivity index (χ4n) is 3.96. The van der Waals surface area contributed by atoms with Gasteiger partial charge in [0.1, 0.15) is 29.2 Å². The average molecular weight is 460 g/mol. The summed E-state index contributed by atoms with van der Waals surface area (Å²) >= 11 is 0. The number of benzene rings is 1. The van der Waals surface area contributed by atoms with E-state index in [1.807, 2.05) is 0 Å². The van der Waals surface area contributed by atoms with E-state index in [0.717, 1.165) is 0 Å². The summed E-state index contributed by atoms with van der Waals surface area (Å²) in [6.07, 6.45) is 3.34. The van der Waals surface area contributed by atoms with Gasteiger partial charge in [-0.3, -0.25) is 4.79 Å². The maximum atomic E-state index is 14.7. The number of likely N-dealkylation sites (tertiary alicyclic amines) is 1. The normalized spacial score (nSPS) is 15.5. The van der Waals surface area contributed by atoms with Crippen molar-refractivity contribution >= 4 is 39.9 Å². The van der Waals surface area contributed by atoms with Crippen LogP contribution in [0.25, 0.3) is 22.1 Å². The molecule has 172 valence electrons. The highest BCUT2D eigenvalue weighted by Crippen LogP contribution is 2.29. The lowest BCUT2D eigenvalue weighted by Gasteiger charge is -2.14. The van der Waals surface area contributed by atoms with Gasteiger partial charge in [-0.15, -0.1) is 0 Å². The summed E-state index contributed by atoms with van der Waals surface area (Å²) in [5.41, 5.74) is 7.93. The number of rotatable bonds is 3. The molecule has 0 spiro atoms. The van der Waals surface area contributed by atoms with E-state index < -0.39 is 5.82 Å². The summed E-state index contributed by atoms with van der Waals surface area (Å²) in [7, 11) is 3.57. The topological polar surface area (TPSA) is 119 Å². The molecule has 0 radical (unpaired) electrons.